The van der Waals surface area contributed by atoms with Crippen LogP contribution in [0.15, 0.2) is 30.3 Å². The molecule has 2 fully saturated rings. The van der Waals surface area contributed by atoms with Gasteiger partial charge in [-0.25, -0.2) is 9.97 Å². The van der Waals surface area contributed by atoms with Crippen molar-refractivity contribution in [3.8, 4) is 0 Å². The first kappa shape index (κ1) is 40.9. The van der Waals surface area contributed by atoms with Gasteiger partial charge in [0.25, 0.3) is 0 Å². The van der Waals surface area contributed by atoms with Crippen molar-refractivity contribution >= 4 is 29.3 Å². The number of carbonyl (C=O) groups excluding carboxylic acids is 3. The molecule has 0 radical (unpaired) electrons. The second-order valence-corrected chi connectivity index (χ2v) is 14.6. The normalized spacial score (nSPS) is 17.4. The molecule has 288 valence electrons. The van der Waals surface area contributed by atoms with Crippen molar-refractivity contribution in [3.63, 3.8) is 0 Å². The second kappa shape index (κ2) is 17.7. The minimum absolute atomic E-state index is 0.0511. The van der Waals surface area contributed by atoms with Crippen LogP contribution in [0.4, 0.5) is 38.0 Å². The number of ketones is 1. The highest BCUT2D eigenvalue weighted by molar-refractivity contribution is 5.87. The Hall–Kier alpha value is -3.91. The Morgan fingerprint density at radius 2 is 1.50 bits per heavy atom. The maximum absolute atomic E-state index is 14.0. The number of benzene rings is 1. The van der Waals surface area contributed by atoms with Gasteiger partial charge >= 0.3 is 18.3 Å². The van der Waals surface area contributed by atoms with E-state index >= 15 is 0 Å². The third kappa shape index (κ3) is 12.6. The molecule has 15 heteroatoms. The molecule has 4 rings (SSSR count). The summed E-state index contributed by atoms with van der Waals surface area (Å²) in [5.41, 5.74) is -0.630. The molecule has 2 aliphatic heterocycles. The van der Waals surface area contributed by atoms with Crippen LogP contribution < -0.4 is 15.1 Å². The van der Waals surface area contributed by atoms with Crippen molar-refractivity contribution in [2.24, 2.45) is 5.92 Å². The van der Waals surface area contributed by atoms with Gasteiger partial charge in [0.15, 0.2) is 5.78 Å². The molecule has 1 N–H and O–H groups in total. The average molecular weight is 742 g/mol. The van der Waals surface area contributed by atoms with E-state index in [9.17, 15) is 40.7 Å². The van der Waals surface area contributed by atoms with Gasteiger partial charge in [-0.3, -0.25) is 14.4 Å². The summed E-state index contributed by atoms with van der Waals surface area (Å²) in [4.78, 5) is 48.5. The van der Waals surface area contributed by atoms with Crippen molar-refractivity contribution in [2.75, 3.05) is 36.0 Å². The largest absolute Gasteiger partial charge is 0.460 e. The summed E-state index contributed by atoms with van der Waals surface area (Å²) < 4.78 is 85.8. The molecule has 1 aromatic carbocycles. The molecule has 2 aromatic rings. The number of piperidine rings is 1. The lowest BCUT2D eigenvalue weighted by atomic mass is 9.91. The quantitative estimate of drug-likeness (QED) is 0.113. The monoisotopic (exact) mass is 741 g/mol. The number of nitrogens with zero attached hydrogens (tertiary/aromatic N) is 4. The van der Waals surface area contributed by atoms with E-state index in [1.807, 2.05) is 4.90 Å². The molecule has 0 aliphatic carbocycles. The lowest BCUT2D eigenvalue weighted by Crippen LogP contribution is -2.38. The molecule has 1 aromatic heterocycles. The molecule has 0 saturated carbocycles. The van der Waals surface area contributed by atoms with E-state index in [0.29, 0.717) is 82.6 Å². The summed E-state index contributed by atoms with van der Waals surface area (Å²) in [6.07, 6.45) is -3.24. The zero-order chi connectivity index (χ0) is 38.1. The van der Waals surface area contributed by atoms with Crippen LogP contribution in [0, 0.1) is 5.92 Å². The van der Waals surface area contributed by atoms with Gasteiger partial charge < -0.3 is 19.9 Å². The maximum atomic E-state index is 14.0. The number of rotatable bonds is 15. The Morgan fingerprint density at radius 1 is 0.827 bits per heavy atom. The van der Waals surface area contributed by atoms with Crippen LogP contribution in [-0.2, 0) is 37.9 Å². The standard InChI is InChI=1S/C37H49F6N5O4/c1-35(2,3)52-33(51)13-6-20-44-32(50)12-5-9-26-18-22-47(23-19-26)30-24-31(46-34(45-30)37(41,42)43)48-21-7-10-28(48)29(49)11-4-8-25-14-16-27(17-15-25)36(38,39)40/h14-17,24,26,28H,4-13,18-23H2,1-3H3,(H,44,50)/t28-/m0/s1. The Labute approximate surface area is 300 Å². The van der Waals surface area contributed by atoms with E-state index < -0.39 is 35.4 Å². The SMILES string of the molecule is CC(C)(C)OC(=O)CCCNC(=O)CCCC1CCN(c2cc(N3CCC[C@H]3C(=O)CCCc3ccc(C(F)(F)F)cc3)nc(C(F)(F)F)n2)CC1. The molecule has 2 saturated heterocycles. The molecule has 0 spiro atoms. The molecule has 9 nitrogen and oxygen atoms in total. The zero-order valence-electron chi connectivity index (χ0n) is 30.0. The molecule has 2 aliphatic rings. The number of nitrogens with one attached hydrogen (secondary N) is 1. The van der Waals surface area contributed by atoms with Gasteiger partial charge in [-0.05, 0) is 102 Å². The fourth-order valence-corrected chi connectivity index (χ4v) is 6.67. The number of aromatic nitrogens is 2. The number of carbonyl (C=O) groups is 3. The van der Waals surface area contributed by atoms with Gasteiger partial charge in [-0.1, -0.05) is 12.1 Å². The summed E-state index contributed by atoms with van der Waals surface area (Å²) in [5, 5.41) is 2.83. The van der Waals surface area contributed by atoms with Crippen LogP contribution in [0.1, 0.15) is 108 Å². The van der Waals surface area contributed by atoms with Crippen LogP contribution in [0.3, 0.4) is 0 Å². The molecule has 1 atom stereocenters. The van der Waals surface area contributed by atoms with Gasteiger partial charge in [-0.2, -0.15) is 26.3 Å². The maximum Gasteiger partial charge on any atom is 0.451 e. The van der Waals surface area contributed by atoms with Crippen molar-refractivity contribution < 1.29 is 45.5 Å². The third-order valence-corrected chi connectivity index (χ3v) is 9.30. The molecule has 52 heavy (non-hydrogen) atoms. The number of hydrogen-bond donors (Lipinski definition) is 1. The van der Waals surface area contributed by atoms with Crippen molar-refractivity contribution in [3.05, 3.63) is 47.3 Å². The Kier molecular flexibility index (Phi) is 13.9. The smallest absolute Gasteiger partial charge is 0.451 e. The topological polar surface area (TPSA) is 105 Å². The number of ether oxygens (including phenoxy) is 1. The predicted molar refractivity (Wildman–Crippen MR) is 184 cm³/mol. The van der Waals surface area contributed by atoms with E-state index in [-0.39, 0.29) is 42.1 Å². The first-order valence-corrected chi connectivity index (χ1v) is 18.0. The van der Waals surface area contributed by atoms with Crippen LogP contribution in [-0.4, -0.2) is 65.4 Å². The van der Waals surface area contributed by atoms with Gasteiger partial charge in [0.05, 0.1) is 11.6 Å². The number of aryl methyl sites for hydroxylation is 1. The summed E-state index contributed by atoms with van der Waals surface area (Å²) in [6.45, 7) is 7.12. The number of alkyl halides is 6. The van der Waals surface area contributed by atoms with Gasteiger partial charge in [0, 0.05) is 51.5 Å². The first-order chi connectivity index (χ1) is 24.4. The van der Waals surface area contributed by atoms with Gasteiger partial charge in [-0.15, -0.1) is 0 Å². The summed E-state index contributed by atoms with van der Waals surface area (Å²) >= 11 is 0. The molecular weight excluding hydrogens is 692 g/mol. The van der Waals surface area contributed by atoms with E-state index in [4.69, 9.17) is 4.74 Å². The number of halogens is 6. The average Bonchev–Trinajstić information content (AvgIpc) is 3.56. The molecule has 0 unspecified atom stereocenters. The van der Waals surface area contributed by atoms with E-state index in [1.54, 1.807) is 25.7 Å². The number of anilines is 2. The minimum atomic E-state index is -4.79. The van der Waals surface area contributed by atoms with Crippen LogP contribution in [0.5, 0.6) is 0 Å². The highest BCUT2D eigenvalue weighted by atomic mass is 19.4. The second-order valence-electron chi connectivity index (χ2n) is 14.6. The van der Waals surface area contributed by atoms with Crippen molar-refractivity contribution in [2.45, 2.75) is 122 Å². The Bertz CT molecular complexity index is 1500. The van der Waals surface area contributed by atoms with E-state index in [1.165, 1.54) is 18.2 Å². The van der Waals surface area contributed by atoms with Gasteiger partial charge in [0.2, 0.25) is 11.7 Å². The van der Waals surface area contributed by atoms with Crippen molar-refractivity contribution in [1.82, 2.24) is 15.3 Å². The number of Topliss-reactive ketones (excluding diaryl/α,β-unsaturated/α-hetero) is 1. The Morgan fingerprint density at radius 3 is 2.13 bits per heavy atom. The number of amides is 1. The lowest BCUT2D eigenvalue weighted by Gasteiger charge is -2.34. The van der Waals surface area contributed by atoms with Crippen LogP contribution >= 0.6 is 0 Å². The first-order valence-electron chi connectivity index (χ1n) is 18.0. The summed E-state index contributed by atoms with van der Waals surface area (Å²) in [5.74, 6) is -1.29. The summed E-state index contributed by atoms with van der Waals surface area (Å²) in [7, 11) is 0. The van der Waals surface area contributed by atoms with E-state index in [2.05, 4.69) is 15.3 Å². The fourth-order valence-electron chi connectivity index (χ4n) is 6.67. The molecule has 1 amide bonds. The molecule has 3 heterocycles. The van der Waals surface area contributed by atoms with Gasteiger partial charge in [0.1, 0.15) is 17.2 Å². The summed E-state index contributed by atoms with van der Waals surface area (Å²) in [6, 6.07) is 5.66. The fraction of sp³-hybridized carbons (Fsp3) is 0.649. The number of hydrogen-bond acceptors (Lipinski definition) is 8. The van der Waals surface area contributed by atoms with Crippen molar-refractivity contribution in [1.29, 1.82) is 0 Å². The third-order valence-electron chi connectivity index (χ3n) is 9.30. The number of esters is 1. The minimum Gasteiger partial charge on any atom is -0.460 e. The Balaban J connectivity index is 1.26. The zero-order valence-corrected chi connectivity index (χ0v) is 30.0. The highest BCUT2D eigenvalue weighted by Gasteiger charge is 2.39. The molecular formula is C37H49F6N5O4. The predicted octanol–water partition coefficient (Wildman–Crippen LogP) is 7.70. The lowest BCUT2D eigenvalue weighted by molar-refractivity contribution is -0.155. The van der Waals surface area contributed by atoms with Crippen LogP contribution in [0.2, 0.25) is 0 Å². The van der Waals surface area contributed by atoms with E-state index in [0.717, 1.165) is 31.4 Å². The molecule has 0 bridgehead atoms. The highest BCUT2D eigenvalue weighted by Crippen LogP contribution is 2.35. The van der Waals surface area contributed by atoms with Crippen LogP contribution in [0.25, 0.3) is 0 Å².